The van der Waals surface area contributed by atoms with Crippen molar-refractivity contribution in [2.75, 3.05) is 25.2 Å². The van der Waals surface area contributed by atoms with Crippen molar-refractivity contribution < 1.29 is 26.4 Å². The van der Waals surface area contributed by atoms with Crippen molar-refractivity contribution in [2.45, 2.75) is 31.1 Å². The number of amides is 1. The van der Waals surface area contributed by atoms with Crippen LogP contribution >= 0.6 is 23.2 Å². The molecule has 33 heavy (non-hydrogen) atoms. The van der Waals surface area contributed by atoms with Crippen LogP contribution in [0.5, 0.6) is 0 Å². The van der Waals surface area contributed by atoms with Crippen molar-refractivity contribution >= 4 is 44.8 Å². The van der Waals surface area contributed by atoms with Gasteiger partial charge in [-0.2, -0.15) is 13.2 Å². The van der Waals surface area contributed by atoms with E-state index in [-0.39, 0.29) is 6.04 Å². The van der Waals surface area contributed by atoms with Crippen LogP contribution in [0.3, 0.4) is 0 Å². The number of nitrogens with one attached hydrogen (secondary N) is 2. The highest BCUT2D eigenvalue weighted by Gasteiger charge is 2.46. The fraction of sp³-hybridized carbons (Fsp3) is 0.400. The Bertz CT molecular complexity index is 1140. The fourth-order valence-electron chi connectivity index (χ4n) is 3.67. The molecule has 1 aliphatic rings. The molecule has 2 unspecified atom stereocenters. The van der Waals surface area contributed by atoms with Gasteiger partial charge in [0, 0.05) is 13.1 Å². The first kappa shape index (κ1) is 25.5. The summed E-state index contributed by atoms with van der Waals surface area (Å²) in [5.41, 5.74) is 2.10. The van der Waals surface area contributed by atoms with Crippen LogP contribution < -0.4 is 10.0 Å². The van der Waals surface area contributed by atoms with E-state index in [1.807, 2.05) is 10.8 Å². The Labute approximate surface area is 199 Å². The van der Waals surface area contributed by atoms with E-state index >= 15 is 0 Å². The van der Waals surface area contributed by atoms with Gasteiger partial charge in [0.05, 0.1) is 40.4 Å². The SMILES string of the molecule is CN(C(=O)CNS(C)(=O)=O)C(c1ccc(NC2Cc3ccc(Cl)c(Cl)c3C2)cn1)C(F)(F)F. The second-order valence-electron chi connectivity index (χ2n) is 7.76. The molecule has 13 heteroatoms. The normalized spacial score (nSPS) is 16.9. The first-order valence-electron chi connectivity index (χ1n) is 9.71. The van der Waals surface area contributed by atoms with Gasteiger partial charge in [0.25, 0.3) is 0 Å². The molecule has 2 aromatic rings. The van der Waals surface area contributed by atoms with E-state index in [1.54, 1.807) is 6.07 Å². The average Bonchev–Trinajstić information content (AvgIpc) is 3.12. The molecule has 1 heterocycles. The molecule has 2 atom stereocenters. The highest BCUT2D eigenvalue weighted by atomic mass is 35.5. The van der Waals surface area contributed by atoms with Crippen LogP contribution in [0.1, 0.15) is 22.9 Å². The number of pyridine rings is 1. The van der Waals surface area contributed by atoms with Gasteiger partial charge >= 0.3 is 6.18 Å². The lowest BCUT2D eigenvalue weighted by Gasteiger charge is -2.29. The fourth-order valence-corrected chi connectivity index (χ4v) is 4.49. The van der Waals surface area contributed by atoms with Gasteiger partial charge in [-0.1, -0.05) is 29.3 Å². The monoisotopic (exact) mass is 524 g/mol. The first-order chi connectivity index (χ1) is 15.3. The summed E-state index contributed by atoms with van der Waals surface area (Å²) in [5.74, 6) is -1.05. The van der Waals surface area contributed by atoms with Gasteiger partial charge in [-0.25, -0.2) is 13.1 Å². The molecule has 2 N–H and O–H groups in total. The zero-order valence-electron chi connectivity index (χ0n) is 17.6. The topological polar surface area (TPSA) is 91.4 Å². The van der Waals surface area contributed by atoms with E-state index < -0.39 is 40.4 Å². The molecule has 180 valence electrons. The smallest absolute Gasteiger partial charge is 0.380 e. The van der Waals surface area contributed by atoms with Gasteiger partial charge in [-0.15, -0.1) is 0 Å². The quantitative estimate of drug-likeness (QED) is 0.577. The molecule has 1 amide bonds. The number of sulfonamides is 1. The van der Waals surface area contributed by atoms with Crippen molar-refractivity contribution in [1.29, 1.82) is 0 Å². The van der Waals surface area contributed by atoms with Crippen LogP contribution in [0.25, 0.3) is 0 Å². The molecule has 7 nitrogen and oxygen atoms in total. The lowest BCUT2D eigenvalue weighted by Crippen LogP contribution is -2.44. The summed E-state index contributed by atoms with van der Waals surface area (Å²) in [6.45, 7) is -0.795. The molecule has 0 aliphatic heterocycles. The summed E-state index contributed by atoms with van der Waals surface area (Å²) >= 11 is 12.3. The summed E-state index contributed by atoms with van der Waals surface area (Å²) in [6.07, 6.45) is -1.48. The van der Waals surface area contributed by atoms with Crippen molar-refractivity contribution in [3.8, 4) is 0 Å². The molecular weight excluding hydrogens is 504 g/mol. The summed E-state index contributed by atoms with van der Waals surface area (Å²) in [5, 5.41) is 4.19. The molecule has 0 fully saturated rings. The Hall–Kier alpha value is -2.08. The van der Waals surface area contributed by atoms with Crippen LogP contribution in [-0.4, -0.2) is 56.3 Å². The number of alkyl halides is 3. The lowest BCUT2D eigenvalue weighted by atomic mass is 10.1. The second kappa shape index (κ2) is 9.65. The minimum atomic E-state index is -4.82. The number of fused-ring (bicyclic) bond motifs is 1. The predicted molar refractivity (Wildman–Crippen MR) is 120 cm³/mol. The molecule has 0 bridgehead atoms. The van der Waals surface area contributed by atoms with E-state index in [9.17, 15) is 26.4 Å². The second-order valence-corrected chi connectivity index (χ2v) is 10.4. The Morgan fingerprint density at radius 1 is 1.24 bits per heavy atom. The zero-order valence-corrected chi connectivity index (χ0v) is 19.9. The van der Waals surface area contributed by atoms with Crippen LogP contribution in [0.4, 0.5) is 18.9 Å². The van der Waals surface area contributed by atoms with Crippen molar-refractivity contribution in [2.24, 2.45) is 0 Å². The molecule has 0 saturated heterocycles. The van der Waals surface area contributed by atoms with Crippen LogP contribution in [-0.2, 0) is 27.7 Å². The van der Waals surface area contributed by atoms with Crippen LogP contribution in [0.2, 0.25) is 10.0 Å². The lowest BCUT2D eigenvalue weighted by molar-refractivity contribution is -0.189. The van der Waals surface area contributed by atoms with Gasteiger partial charge in [0.15, 0.2) is 6.04 Å². The van der Waals surface area contributed by atoms with Crippen molar-refractivity contribution in [3.05, 3.63) is 57.3 Å². The number of nitrogens with zero attached hydrogens (tertiary/aromatic N) is 2. The van der Waals surface area contributed by atoms with E-state index in [1.165, 1.54) is 18.3 Å². The third-order valence-corrected chi connectivity index (χ3v) is 6.74. The van der Waals surface area contributed by atoms with Crippen LogP contribution in [0.15, 0.2) is 30.5 Å². The van der Waals surface area contributed by atoms with Gasteiger partial charge in [-0.3, -0.25) is 9.78 Å². The Morgan fingerprint density at radius 3 is 2.52 bits per heavy atom. The molecule has 0 saturated carbocycles. The number of likely N-dealkylation sites (N-methyl/N-ethyl adjacent to an activating group) is 1. The average molecular weight is 525 g/mol. The summed E-state index contributed by atoms with van der Waals surface area (Å²) in [6, 6.07) is 3.88. The maximum absolute atomic E-state index is 13.7. The Balaban J connectivity index is 1.72. The summed E-state index contributed by atoms with van der Waals surface area (Å²) in [7, 11) is -2.79. The predicted octanol–water partition coefficient (Wildman–Crippen LogP) is 3.58. The van der Waals surface area contributed by atoms with Crippen molar-refractivity contribution in [3.63, 3.8) is 0 Å². The number of carbonyl (C=O) groups is 1. The number of carbonyl (C=O) groups excluding carboxylic acids is 1. The molecule has 0 radical (unpaired) electrons. The minimum Gasteiger partial charge on any atom is -0.380 e. The van der Waals surface area contributed by atoms with Gasteiger partial charge < -0.3 is 10.2 Å². The Morgan fingerprint density at radius 2 is 1.94 bits per heavy atom. The standard InChI is InChI=1S/C20H21Cl2F3N4O3S/c1-29(17(30)10-27-33(2,31)32)19(20(23,24)25)16-6-4-12(9-26-16)28-13-7-11-3-5-15(21)18(22)14(11)8-13/h3-6,9,13,19,27-28H,7-8,10H2,1-2H3. The highest BCUT2D eigenvalue weighted by Crippen LogP contribution is 2.37. The van der Waals surface area contributed by atoms with E-state index in [4.69, 9.17) is 23.2 Å². The van der Waals surface area contributed by atoms with E-state index in [0.29, 0.717) is 33.5 Å². The summed E-state index contributed by atoms with van der Waals surface area (Å²) < 4.78 is 65.4. The van der Waals surface area contributed by atoms with Crippen molar-refractivity contribution in [1.82, 2.24) is 14.6 Å². The Kier molecular flexibility index (Phi) is 7.47. The third-order valence-electron chi connectivity index (χ3n) is 5.22. The number of hydrogen-bond donors (Lipinski definition) is 2. The maximum atomic E-state index is 13.7. The number of hydrogen-bond acceptors (Lipinski definition) is 5. The van der Waals surface area contributed by atoms with Gasteiger partial charge in [0.1, 0.15) is 0 Å². The molecule has 1 aliphatic carbocycles. The van der Waals surface area contributed by atoms with E-state index in [2.05, 4.69) is 10.3 Å². The van der Waals surface area contributed by atoms with Gasteiger partial charge in [0.2, 0.25) is 15.9 Å². The van der Waals surface area contributed by atoms with Crippen LogP contribution in [0, 0.1) is 0 Å². The minimum absolute atomic E-state index is 0.0339. The number of benzene rings is 1. The van der Waals surface area contributed by atoms with E-state index in [0.717, 1.165) is 24.4 Å². The summed E-state index contributed by atoms with van der Waals surface area (Å²) in [4.78, 5) is 16.5. The molecule has 1 aromatic heterocycles. The molecule has 1 aromatic carbocycles. The molecular formula is C20H21Cl2F3N4O3S. The number of halogens is 5. The first-order valence-corrected chi connectivity index (χ1v) is 12.4. The maximum Gasteiger partial charge on any atom is 0.414 e. The molecule has 0 spiro atoms. The molecule has 3 rings (SSSR count). The third kappa shape index (κ3) is 6.28. The number of rotatable bonds is 7. The number of aromatic nitrogens is 1. The van der Waals surface area contributed by atoms with Gasteiger partial charge in [-0.05, 0) is 42.2 Å². The largest absolute Gasteiger partial charge is 0.414 e. The zero-order chi connectivity index (χ0) is 24.6. The highest BCUT2D eigenvalue weighted by molar-refractivity contribution is 7.88. The number of anilines is 1.